The van der Waals surface area contributed by atoms with Crippen molar-refractivity contribution >= 4 is 11.7 Å². The van der Waals surface area contributed by atoms with Crippen LogP contribution in [0.5, 0.6) is 0 Å². The van der Waals surface area contributed by atoms with Crippen molar-refractivity contribution in [1.29, 1.82) is 0 Å². The van der Waals surface area contributed by atoms with Crippen LogP contribution in [0, 0.1) is 5.41 Å². The van der Waals surface area contributed by atoms with E-state index in [4.69, 9.17) is 15.7 Å². The van der Waals surface area contributed by atoms with Crippen LogP contribution in [0.2, 0.25) is 0 Å². The highest BCUT2D eigenvalue weighted by Crippen LogP contribution is 2.32. The van der Waals surface area contributed by atoms with Gasteiger partial charge in [-0.15, -0.1) is 0 Å². The number of carbonyl (C=O) groups is 1. The van der Waals surface area contributed by atoms with Crippen molar-refractivity contribution in [2.75, 3.05) is 13.2 Å². The Labute approximate surface area is 107 Å². The molecule has 1 aliphatic heterocycles. The van der Waals surface area contributed by atoms with Gasteiger partial charge in [0.05, 0.1) is 18.8 Å². The van der Waals surface area contributed by atoms with E-state index in [0.29, 0.717) is 13.2 Å². The summed E-state index contributed by atoms with van der Waals surface area (Å²) in [5.74, 6) is -0.133. The molecule has 2 aliphatic rings. The van der Waals surface area contributed by atoms with Crippen LogP contribution in [-0.2, 0) is 9.53 Å². The molecule has 1 saturated carbocycles. The first-order valence-electron chi connectivity index (χ1n) is 6.39. The summed E-state index contributed by atoms with van der Waals surface area (Å²) in [6, 6.07) is 0.150. The van der Waals surface area contributed by atoms with Gasteiger partial charge in [0, 0.05) is 6.54 Å². The summed E-state index contributed by atoms with van der Waals surface area (Å²) in [5, 5.41) is 11.7. The van der Waals surface area contributed by atoms with Crippen LogP contribution in [0.1, 0.15) is 33.1 Å². The quantitative estimate of drug-likeness (QED) is 0.326. The van der Waals surface area contributed by atoms with Crippen molar-refractivity contribution in [2.24, 2.45) is 16.3 Å². The van der Waals surface area contributed by atoms with Crippen LogP contribution in [0.15, 0.2) is 5.16 Å². The number of nitrogens with zero attached hydrogens (tertiary/aromatic N) is 2. The summed E-state index contributed by atoms with van der Waals surface area (Å²) in [7, 11) is 0. The van der Waals surface area contributed by atoms with E-state index in [2.05, 4.69) is 5.16 Å². The summed E-state index contributed by atoms with van der Waals surface area (Å²) in [6.07, 6.45) is 3.23. The molecule has 3 N–H and O–H groups in total. The van der Waals surface area contributed by atoms with Gasteiger partial charge in [0.2, 0.25) is 5.91 Å². The molecule has 6 heteroatoms. The van der Waals surface area contributed by atoms with E-state index in [1.165, 1.54) is 0 Å². The van der Waals surface area contributed by atoms with E-state index in [1.807, 2.05) is 4.90 Å². The van der Waals surface area contributed by atoms with Crippen LogP contribution < -0.4 is 5.73 Å². The minimum atomic E-state index is -0.973. The lowest BCUT2D eigenvalue weighted by Gasteiger charge is -2.41. The van der Waals surface area contributed by atoms with Gasteiger partial charge in [-0.1, -0.05) is 5.16 Å². The average molecular weight is 255 g/mol. The SMILES string of the molecule is CC(C)(C(=O)N1CCOC2CCCC21)C(N)=NO. The number of amides is 1. The number of oxime groups is 1. The predicted octanol–water partition coefficient (Wildman–Crippen LogP) is 0.539. The smallest absolute Gasteiger partial charge is 0.236 e. The molecular weight excluding hydrogens is 234 g/mol. The first-order chi connectivity index (χ1) is 8.48. The maximum atomic E-state index is 12.6. The maximum Gasteiger partial charge on any atom is 0.236 e. The largest absolute Gasteiger partial charge is 0.409 e. The van der Waals surface area contributed by atoms with E-state index in [1.54, 1.807) is 13.8 Å². The molecule has 18 heavy (non-hydrogen) atoms. The summed E-state index contributed by atoms with van der Waals surface area (Å²) >= 11 is 0. The third-order valence-electron chi connectivity index (χ3n) is 4.03. The number of morpholine rings is 1. The van der Waals surface area contributed by atoms with Gasteiger partial charge in [-0.3, -0.25) is 4.79 Å². The van der Waals surface area contributed by atoms with Crippen molar-refractivity contribution in [3.8, 4) is 0 Å². The van der Waals surface area contributed by atoms with Crippen molar-refractivity contribution in [1.82, 2.24) is 4.90 Å². The number of hydrogen-bond donors (Lipinski definition) is 2. The Bertz CT molecular complexity index is 368. The summed E-state index contributed by atoms with van der Waals surface area (Å²) in [5.41, 5.74) is 4.64. The minimum Gasteiger partial charge on any atom is -0.409 e. The molecule has 6 nitrogen and oxygen atoms in total. The molecule has 102 valence electrons. The molecule has 2 unspecified atom stereocenters. The first-order valence-corrected chi connectivity index (χ1v) is 6.39. The Hall–Kier alpha value is -1.30. The molecule has 2 atom stereocenters. The van der Waals surface area contributed by atoms with E-state index in [0.717, 1.165) is 19.3 Å². The molecule has 2 fully saturated rings. The van der Waals surface area contributed by atoms with Crippen LogP contribution in [0.25, 0.3) is 0 Å². The molecule has 0 spiro atoms. The first kappa shape index (κ1) is 13.1. The number of nitrogens with two attached hydrogens (primary N) is 1. The van der Waals surface area contributed by atoms with Gasteiger partial charge in [-0.2, -0.15) is 0 Å². The van der Waals surface area contributed by atoms with Crippen molar-refractivity contribution < 1.29 is 14.7 Å². The number of ether oxygens (including phenoxy) is 1. The Morgan fingerprint density at radius 3 is 2.89 bits per heavy atom. The molecule has 0 aromatic carbocycles. The topological polar surface area (TPSA) is 88.2 Å². The molecule has 0 radical (unpaired) electrons. The van der Waals surface area contributed by atoms with Gasteiger partial charge in [0.1, 0.15) is 5.41 Å². The Kier molecular flexibility index (Phi) is 3.47. The van der Waals surface area contributed by atoms with Gasteiger partial charge in [0.15, 0.2) is 5.84 Å². The zero-order valence-corrected chi connectivity index (χ0v) is 10.9. The second-order valence-corrected chi connectivity index (χ2v) is 5.52. The Morgan fingerprint density at radius 2 is 2.22 bits per heavy atom. The molecule has 1 saturated heterocycles. The molecule has 2 rings (SSSR count). The van der Waals surface area contributed by atoms with Crippen molar-refractivity contribution in [2.45, 2.75) is 45.3 Å². The fourth-order valence-electron chi connectivity index (χ4n) is 2.77. The normalized spacial score (nSPS) is 29.2. The number of rotatable bonds is 2. The van der Waals surface area contributed by atoms with E-state index < -0.39 is 5.41 Å². The van der Waals surface area contributed by atoms with Gasteiger partial charge < -0.3 is 20.6 Å². The lowest BCUT2D eigenvalue weighted by atomic mass is 9.89. The zero-order valence-electron chi connectivity index (χ0n) is 10.9. The molecule has 0 bridgehead atoms. The van der Waals surface area contributed by atoms with Crippen molar-refractivity contribution in [3.63, 3.8) is 0 Å². The second-order valence-electron chi connectivity index (χ2n) is 5.52. The minimum absolute atomic E-state index is 0.0476. The fourth-order valence-corrected chi connectivity index (χ4v) is 2.77. The van der Waals surface area contributed by atoms with Crippen LogP contribution in [0.3, 0.4) is 0 Å². The lowest BCUT2D eigenvalue weighted by Crippen LogP contribution is -2.57. The molecular formula is C12H21N3O3. The molecule has 0 aromatic heterocycles. The van der Waals surface area contributed by atoms with Crippen LogP contribution >= 0.6 is 0 Å². The number of hydrogen-bond acceptors (Lipinski definition) is 4. The van der Waals surface area contributed by atoms with Gasteiger partial charge in [0.25, 0.3) is 0 Å². The molecule has 1 heterocycles. The number of carbonyl (C=O) groups excluding carboxylic acids is 1. The summed E-state index contributed by atoms with van der Waals surface area (Å²) in [6.45, 7) is 4.52. The Balaban J connectivity index is 2.17. The van der Waals surface area contributed by atoms with E-state index in [9.17, 15) is 4.79 Å². The molecule has 0 aromatic rings. The average Bonchev–Trinajstić information content (AvgIpc) is 2.84. The molecule has 1 aliphatic carbocycles. The zero-order chi connectivity index (χ0) is 13.3. The number of fused-ring (bicyclic) bond motifs is 1. The maximum absolute atomic E-state index is 12.6. The highest BCUT2D eigenvalue weighted by atomic mass is 16.5. The highest BCUT2D eigenvalue weighted by molar-refractivity contribution is 6.06. The summed E-state index contributed by atoms with van der Waals surface area (Å²) < 4.78 is 5.68. The third kappa shape index (κ3) is 2.05. The summed E-state index contributed by atoms with van der Waals surface area (Å²) in [4.78, 5) is 14.4. The Morgan fingerprint density at radius 1 is 1.50 bits per heavy atom. The monoisotopic (exact) mass is 255 g/mol. The second kappa shape index (κ2) is 4.76. The highest BCUT2D eigenvalue weighted by Gasteiger charge is 2.44. The van der Waals surface area contributed by atoms with Crippen LogP contribution in [0.4, 0.5) is 0 Å². The van der Waals surface area contributed by atoms with E-state index >= 15 is 0 Å². The standard InChI is InChI=1S/C12H21N3O3/c1-12(2,10(13)14-17)11(16)15-6-7-18-9-5-3-4-8(9)15/h8-9,17H,3-7H2,1-2H3,(H2,13,14). The fraction of sp³-hybridized carbons (Fsp3) is 0.833. The predicted molar refractivity (Wildman–Crippen MR) is 66.3 cm³/mol. The van der Waals surface area contributed by atoms with Gasteiger partial charge in [-0.05, 0) is 33.1 Å². The van der Waals surface area contributed by atoms with E-state index in [-0.39, 0.29) is 23.9 Å². The third-order valence-corrected chi connectivity index (χ3v) is 4.03. The number of amidine groups is 1. The van der Waals surface area contributed by atoms with Gasteiger partial charge >= 0.3 is 0 Å². The van der Waals surface area contributed by atoms with Crippen molar-refractivity contribution in [3.05, 3.63) is 0 Å². The van der Waals surface area contributed by atoms with Crippen LogP contribution in [-0.4, -0.2) is 47.1 Å². The molecule has 1 amide bonds. The van der Waals surface area contributed by atoms with Gasteiger partial charge in [-0.25, -0.2) is 0 Å². The lowest BCUT2D eigenvalue weighted by molar-refractivity contribution is -0.149.